The molecule has 0 bridgehead atoms. The van der Waals surface area contributed by atoms with Crippen molar-refractivity contribution in [2.75, 3.05) is 27.9 Å². The molecule has 1 rings (SSSR count). The van der Waals surface area contributed by atoms with E-state index in [1.165, 1.54) is 11.0 Å². The first-order valence-corrected chi connectivity index (χ1v) is 8.38. The van der Waals surface area contributed by atoms with E-state index >= 15 is 0 Å². The fraction of sp³-hybridized carbons (Fsp3) is 0.727. The number of nitrogens with one attached hydrogen (secondary N) is 1. The molecular weight excluding hydrogens is 280 g/mol. The van der Waals surface area contributed by atoms with E-state index in [1.54, 1.807) is 21.3 Å². The van der Waals surface area contributed by atoms with Gasteiger partial charge in [-0.25, -0.2) is 9.78 Å². The first kappa shape index (κ1) is 16.8. The number of nitrogens with zero attached hydrogens (tertiary/aromatic N) is 3. The van der Waals surface area contributed by atoms with Crippen molar-refractivity contribution in [3.8, 4) is 0 Å². The number of hydrogen-bond donors (Lipinski definition) is 1. The van der Waals surface area contributed by atoms with Gasteiger partial charge in [0.1, 0.15) is 12.2 Å². The van der Waals surface area contributed by atoms with E-state index in [2.05, 4.69) is 15.4 Å². The van der Waals surface area contributed by atoms with Gasteiger partial charge in [0.15, 0.2) is 0 Å². The SMILES string of the molecule is CCc1ncnn1C(=O)NCCC[Si](OC)(OC)OC. The molecule has 1 aromatic rings. The van der Waals surface area contributed by atoms with Gasteiger partial charge in [0.05, 0.1) is 0 Å². The summed E-state index contributed by atoms with van der Waals surface area (Å²) in [5.74, 6) is 0.636. The number of amides is 1. The van der Waals surface area contributed by atoms with Crippen molar-refractivity contribution < 1.29 is 18.1 Å². The van der Waals surface area contributed by atoms with Gasteiger partial charge in [-0.05, 0) is 6.42 Å². The minimum Gasteiger partial charge on any atom is -0.377 e. The molecule has 1 aromatic heterocycles. The van der Waals surface area contributed by atoms with Crippen LogP contribution in [0.15, 0.2) is 6.33 Å². The van der Waals surface area contributed by atoms with Crippen molar-refractivity contribution in [3.05, 3.63) is 12.2 Å². The molecule has 1 amide bonds. The Morgan fingerprint density at radius 3 is 2.55 bits per heavy atom. The summed E-state index contributed by atoms with van der Waals surface area (Å²) in [4.78, 5) is 15.9. The van der Waals surface area contributed by atoms with E-state index < -0.39 is 8.80 Å². The third-order valence-electron chi connectivity index (χ3n) is 3.00. The summed E-state index contributed by atoms with van der Waals surface area (Å²) < 4.78 is 17.2. The zero-order valence-electron chi connectivity index (χ0n) is 12.4. The highest BCUT2D eigenvalue weighted by Gasteiger charge is 2.36. The Kier molecular flexibility index (Phi) is 6.79. The number of carbonyl (C=O) groups is 1. The molecule has 9 heteroatoms. The molecule has 0 aliphatic heterocycles. The van der Waals surface area contributed by atoms with E-state index in [1.807, 2.05) is 6.92 Å². The zero-order valence-corrected chi connectivity index (χ0v) is 13.4. The Balaban J connectivity index is 2.39. The van der Waals surface area contributed by atoms with Crippen LogP contribution in [0, 0.1) is 0 Å². The van der Waals surface area contributed by atoms with Crippen molar-refractivity contribution >= 4 is 14.8 Å². The zero-order chi connectivity index (χ0) is 15.0. The summed E-state index contributed by atoms with van der Waals surface area (Å²) in [6.45, 7) is 2.41. The molecule has 0 aromatic carbocycles. The smallest absolute Gasteiger partial charge is 0.377 e. The highest BCUT2D eigenvalue weighted by molar-refractivity contribution is 6.60. The summed E-state index contributed by atoms with van der Waals surface area (Å²) >= 11 is 0. The van der Waals surface area contributed by atoms with Crippen molar-refractivity contribution in [2.24, 2.45) is 0 Å². The third kappa shape index (κ3) is 4.10. The molecule has 0 spiro atoms. The van der Waals surface area contributed by atoms with Gasteiger partial charge in [-0.15, -0.1) is 0 Å². The quantitative estimate of drug-likeness (QED) is 0.561. The molecule has 1 heterocycles. The molecule has 20 heavy (non-hydrogen) atoms. The second-order valence-corrected chi connectivity index (χ2v) is 7.16. The molecule has 0 atom stereocenters. The van der Waals surface area contributed by atoms with Crippen molar-refractivity contribution in [1.82, 2.24) is 20.1 Å². The molecule has 0 radical (unpaired) electrons. The van der Waals surface area contributed by atoms with Crippen LogP contribution in [-0.2, 0) is 19.7 Å². The maximum absolute atomic E-state index is 11.9. The highest BCUT2D eigenvalue weighted by Crippen LogP contribution is 2.14. The third-order valence-corrected chi connectivity index (χ3v) is 5.83. The van der Waals surface area contributed by atoms with E-state index in [0.29, 0.717) is 31.3 Å². The van der Waals surface area contributed by atoms with Gasteiger partial charge in [-0.3, -0.25) is 0 Å². The Labute approximate surface area is 119 Å². The van der Waals surface area contributed by atoms with Gasteiger partial charge < -0.3 is 18.6 Å². The first-order valence-electron chi connectivity index (χ1n) is 6.45. The van der Waals surface area contributed by atoms with Crippen molar-refractivity contribution in [3.63, 3.8) is 0 Å². The predicted octanol–water partition coefficient (Wildman–Crippen LogP) is 0.666. The van der Waals surface area contributed by atoms with Crippen LogP contribution < -0.4 is 5.32 Å². The standard InChI is InChI=1S/C11H22N4O4Si/c1-5-10-13-9-14-15(10)11(16)12-7-6-8-20(17-2,18-3)19-4/h9H,5-8H2,1-4H3,(H,12,16). The van der Waals surface area contributed by atoms with Gasteiger partial charge in [-0.2, -0.15) is 9.78 Å². The summed E-state index contributed by atoms with van der Waals surface area (Å²) in [6, 6.07) is 0.355. The molecule has 0 aliphatic rings. The average molecular weight is 302 g/mol. The van der Waals surface area contributed by atoms with Crippen LogP contribution in [-0.4, -0.2) is 57.5 Å². The second-order valence-electron chi connectivity index (χ2n) is 4.07. The number of aromatic nitrogens is 3. The van der Waals surface area contributed by atoms with Crippen LogP contribution in [0.2, 0.25) is 6.04 Å². The van der Waals surface area contributed by atoms with Crippen LogP contribution in [0.4, 0.5) is 4.79 Å². The van der Waals surface area contributed by atoms with E-state index in [-0.39, 0.29) is 6.03 Å². The largest absolute Gasteiger partial charge is 0.500 e. The van der Waals surface area contributed by atoms with Crippen LogP contribution in [0.1, 0.15) is 19.2 Å². The fourth-order valence-corrected chi connectivity index (χ4v) is 3.53. The Morgan fingerprint density at radius 2 is 2.00 bits per heavy atom. The summed E-state index contributed by atoms with van der Waals surface area (Å²) in [5, 5.41) is 6.67. The Bertz CT molecular complexity index is 414. The minimum atomic E-state index is -2.56. The predicted molar refractivity (Wildman–Crippen MR) is 74.4 cm³/mol. The molecule has 0 fully saturated rings. The fourth-order valence-electron chi connectivity index (χ4n) is 1.81. The van der Waals surface area contributed by atoms with Gasteiger partial charge in [0.2, 0.25) is 0 Å². The van der Waals surface area contributed by atoms with E-state index in [0.717, 1.165) is 0 Å². The lowest BCUT2D eigenvalue weighted by atomic mass is 10.4. The van der Waals surface area contributed by atoms with Gasteiger partial charge in [0, 0.05) is 40.3 Å². The summed E-state index contributed by atoms with van der Waals surface area (Å²) in [6.07, 6.45) is 2.72. The maximum Gasteiger partial charge on any atom is 0.500 e. The molecule has 114 valence electrons. The van der Waals surface area contributed by atoms with Gasteiger partial charge in [-0.1, -0.05) is 6.92 Å². The Hall–Kier alpha value is -1.29. The summed E-state index contributed by atoms with van der Waals surface area (Å²) in [7, 11) is 2.15. The van der Waals surface area contributed by atoms with Crippen LogP contribution in [0.5, 0.6) is 0 Å². The lowest BCUT2D eigenvalue weighted by molar-refractivity contribution is 0.123. The number of carbonyl (C=O) groups excluding carboxylic acids is 1. The monoisotopic (exact) mass is 302 g/mol. The maximum atomic E-state index is 11.9. The van der Waals surface area contributed by atoms with E-state index in [9.17, 15) is 4.79 Å². The topological polar surface area (TPSA) is 87.5 Å². The highest BCUT2D eigenvalue weighted by atomic mass is 28.4. The second kappa shape index (κ2) is 8.10. The molecular formula is C11H22N4O4Si. The molecule has 1 N–H and O–H groups in total. The number of aryl methyl sites for hydroxylation is 1. The molecule has 0 unspecified atom stereocenters. The van der Waals surface area contributed by atoms with Crippen LogP contribution in [0.3, 0.4) is 0 Å². The molecule has 0 aliphatic carbocycles. The average Bonchev–Trinajstić information content (AvgIpc) is 2.96. The minimum absolute atomic E-state index is 0.279. The van der Waals surface area contributed by atoms with Crippen LogP contribution >= 0.6 is 0 Å². The molecule has 0 saturated heterocycles. The Morgan fingerprint density at radius 1 is 1.35 bits per heavy atom. The van der Waals surface area contributed by atoms with Gasteiger partial charge in [0.25, 0.3) is 0 Å². The molecule has 8 nitrogen and oxygen atoms in total. The van der Waals surface area contributed by atoms with Crippen LogP contribution in [0.25, 0.3) is 0 Å². The normalized spacial score (nSPS) is 11.6. The number of rotatable bonds is 8. The lowest BCUT2D eigenvalue weighted by Crippen LogP contribution is -2.43. The van der Waals surface area contributed by atoms with E-state index in [4.69, 9.17) is 13.3 Å². The molecule has 0 saturated carbocycles. The van der Waals surface area contributed by atoms with Gasteiger partial charge >= 0.3 is 14.8 Å². The lowest BCUT2D eigenvalue weighted by Gasteiger charge is -2.24. The summed E-state index contributed by atoms with van der Waals surface area (Å²) in [5.41, 5.74) is 0. The first-order chi connectivity index (χ1) is 9.62. The van der Waals surface area contributed by atoms with Crippen molar-refractivity contribution in [2.45, 2.75) is 25.8 Å². The number of hydrogen-bond acceptors (Lipinski definition) is 6. The van der Waals surface area contributed by atoms with Crippen molar-refractivity contribution in [1.29, 1.82) is 0 Å².